The van der Waals surface area contributed by atoms with Gasteiger partial charge in [-0.2, -0.15) is 0 Å². The van der Waals surface area contributed by atoms with Gasteiger partial charge >= 0.3 is 6.09 Å². The second-order valence-corrected chi connectivity index (χ2v) is 8.98. The number of ether oxygens (including phenoxy) is 2. The molecule has 2 heterocycles. The maximum atomic E-state index is 13.0. The molecule has 29 heavy (non-hydrogen) atoms. The van der Waals surface area contributed by atoms with Gasteiger partial charge in [-0.25, -0.2) is 4.79 Å². The largest absolute Gasteiger partial charge is 0.496 e. The predicted molar refractivity (Wildman–Crippen MR) is 112 cm³/mol. The summed E-state index contributed by atoms with van der Waals surface area (Å²) in [4.78, 5) is 31.2. The predicted octanol–water partition coefficient (Wildman–Crippen LogP) is 3.12. The van der Waals surface area contributed by atoms with E-state index in [1.165, 1.54) is 0 Å². The number of carbonyl (C=O) groups is 2. The second kappa shape index (κ2) is 8.79. The standard InChI is InChI=1S/C21H30ClN3O4/c1-21(2,3)29-20(27)24-11-9-23(10-12-24)16-7-8-25(14-16)19(26)17-6-5-15(22)13-18(17)28-4/h5-6,13,16H,7-12,14H2,1-4H3/t16-/m0/s1. The summed E-state index contributed by atoms with van der Waals surface area (Å²) in [7, 11) is 1.54. The van der Waals surface area contributed by atoms with Gasteiger partial charge in [0.05, 0.1) is 12.7 Å². The molecule has 3 rings (SSSR count). The van der Waals surface area contributed by atoms with Crippen molar-refractivity contribution in [3.63, 3.8) is 0 Å². The van der Waals surface area contributed by atoms with Crippen LogP contribution in [0.3, 0.4) is 0 Å². The highest BCUT2D eigenvalue weighted by Crippen LogP contribution is 2.27. The lowest BCUT2D eigenvalue weighted by molar-refractivity contribution is 0.0108. The number of rotatable bonds is 3. The molecule has 0 spiro atoms. The molecule has 0 saturated carbocycles. The Morgan fingerprint density at radius 2 is 1.76 bits per heavy atom. The van der Waals surface area contributed by atoms with Gasteiger partial charge in [0, 0.05) is 50.3 Å². The Kier molecular flexibility index (Phi) is 6.58. The summed E-state index contributed by atoms with van der Waals surface area (Å²) in [5, 5.41) is 0.542. The van der Waals surface area contributed by atoms with Crippen molar-refractivity contribution in [3.8, 4) is 5.75 Å². The molecule has 1 aromatic carbocycles. The first kappa shape index (κ1) is 21.7. The molecule has 2 aliphatic rings. The van der Waals surface area contributed by atoms with E-state index in [2.05, 4.69) is 4.90 Å². The van der Waals surface area contributed by atoms with Crippen molar-refractivity contribution >= 4 is 23.6 Å². The second-order valence-electron chi connectivity index (χ2n) is 8.54. The van der Waals surface area contributed by atoms with Gasteiger partial charge in [-0.15, -0.1) is 0 Å². The SMILES string of the molecule is COc1cc(Cl)ccc1C(=O)N1CC[C@H](N2CCN(C(=O)OC(C)(C)C)CC2)C1. The van der Waals surface area contributed by atoms with E-state index in [-0.39, 0.29) is 12.0 Å². The van der Waals surface area contributed by atoms with E-state index in [0.717, 1.165) is 19.5 Å². The molecule has 8 heteroatoms. The van der Waals surface area contributed by atoms with E-state index in [1.807, 2.05) is 25.7 Å². The Balaban J connectivity index is 1.54. The smallest absolute Gasteiger partial charge is 0.410 e. The van der Waals surface area contributed by atoms with Crippen LogP contribution >= 0.6 is 11.6 Å². The highest BCUT2D eigenvalue weighted by molar-refractivity contribution is 6.30. The minimum Gasteiger partial charge on any atom is -0.496 e. The summed E-state index contributed by atoms with van der Waals surface area (Å²) in [6.07, 6.45) is 0.670. The third-order valence-electron chi connectivity index (χ3n) is 5.33. The van der Waals surface area contributed by atoms with Gasteiger partial charge in [-0.05, 0) is 45.4 Å². The number of piperazine rings is 1. The van der Waals surface area contributed by atoms with Crippen molar-refractivity contribution in [1.82, 2.24) is 14.7 Å². The van der Waals surface area contributed by atoms with Crippen LogP contribution in [0.1, 0.15) is 37.6 Å². The molecule has 1 atom stereocenters. The number of methoxy groups -OCH3 is 1. The average molecular weight is 424 g/mol. The maximum absolute atomic E-state index is 13.0. The fourth-order valence-corrected chi connectivity index (χ4v) is 3.99. The summed E-state index contributed by atoms with van der Waals surface area (Å²) in [5.41, 5.74) is 0.0517. The van der Waals surface area contributed by atoms with Crippen molar-refractivity contribution in [1.29, 1.82) is 0 Å². The van der Waals surface area contributed by atoms with Crippen molar-refractivity contribution < 1.29 is 19.1 Å². The molecule has 160 valence electrons. The van der Waals surface area contributed by atoms with Crippen LogP contribution in [0.4, 0.5) is 4.79 Å². The quantitative estimate of drug-likeness (QED) is 0.747. The molecule has 2 fully saturated rings. The van der Waals surface area contributed by atoms with Crippen LogP contribution in [0.5, 0.6) is 5.75 Å². The minimum absolute atomic E-state index is 0.0339. The first-order valence-corrected chi connectivity index (χ1v) is 10.4. The van der Waals surface area contributed by atoms with Gasteiger partial charge in [-0.3, -0.25) is 9.69 Å². The van der Waals surface area contributed by atoms with Crippen LogP contribution in [0.15, 0.2) is 18.2 Å². The van der Waals surface area contributed by atoms with Gasteiger partial charge in [0.15, 0.2) is 0 Å². The highest BCUT2D eigenvalue weighted by Gasteiger charge is 2.34. The van der Waals surface area contributed by atoms with Gasteiger partial charge in [0.25, 0.3) is 5.91 Å². The summed E-state index contributed by atoms with van der Waals surface area (Å²) in [5.74, 6) is 0.463. The number of amides is 2. The van der Waals surface area contributed by atoms with Gasteiger partial charge < -0.3 is 19.3 Å². The van der Waals surface area contributed by atoms with E-state index < -0.39 is 5.60 Å². The van der Waals surface area contributed by atoms with Gasteiger partial charge in [-0.1, -0.05) is 11.6 Å². The van der Waals surface area contributed by atoms with Crippen molar-refractivity contribution in [2.24, 2.45) is 0 Å². The van der Waals surface area contributed by atoms with Crippen LogP contribution in [0, 0.1) is 0 Å². The lowest BCUT2D eigenvalue weighted by atomic mass is 10.1. The van der Waals surface area contributed by atoms with Crippen molar-refractivity contribution in [3.05, 3.63) is 28.8 Å². The topological polar surface area (TPSA) is 62.3 Å². The van der Waals surface area contributed by atoms with Gasteiger partial charge in [0.2, 0.25) is 0 Å². The minimum atomic E-state index is -0.483. The molecule has 0 unspecified atom stereocenters. The summed E-state index contributed by atoms with van der Waals surface area (Å²) >= 11 is 6.01. The van der Waals surface area contributed by atoms with Crippen molar-refractivity contribution in [2.75, 3.05) is 46.4 Å². The Morgan fingerprint density at radius 1 is 1.07 bits per heavy atom. The zero-order chi connectivity index (χ0) is 21.2. The Morgan fingerprint density at radius 3 is 2.38 bits per heavy atom. The molecule has 1 aromatic rings. The number of nitrogens with zero attached hydrogens (tertiary/aromatic N) is 3. The average Bonchev–Trinajstić information content (AvgIpc) is 3.16. The molecule has 0 bridgehead atoms. The lowest BCUT2D eigenvalue weighted by Gasteiger charge is -2.38. The van der Waals surface area contributed by atoms with Crippen LogP contribution in [-0.4, -0.2) is 84.7 Å². The third kappa shape index (κ3) is 5.34. The maximum Gasteiger partial charge on any atom is 0.410 e. The van der Waals surface area contributed by atoms with Crippen molar-refractivity contribution in [2.45, 2.75) is 38.8 Å². The first-order chi connectivity index (χ1) is 13.7. The van der Waals surface area contributed by atoms with E-state index in [1.54, 1.807) is 30.2 Å². The fraction of sp³-hybridized carbons (Fsp3) is 0.619. The zero-order valence-corrected chi connectivity index (χ0v) is 18.4. The normalized spacial score (nSPS) is 20.7. The highest BCUT2D eigenvalue weighted by atomic mass is 35.5. The number of hydrogen-bond donors (Lipinski definition) is 0. The fourth-order valence-electron chi connectivity index (χ4n) is 3.83. The zero-order valence-electron chi connectivity index (χ0n) is 17.6. The third-order valence-corrected chi connectivity index (χ3v) is 5.56. The number of carbonyl (C=O) groups excluding carboxylic acids is 2. The molecule has 2 aliphatic heterocycles. The molecule has 0 radical (unpaired) electrons. The number of hydrogen-bond acceptors (Lipinski definition) is 5. The molecule has 0 N–H and O–H groups in total. The van der Waals surface area contributed by atoms with E-state index in [9.17, 15) is 9.59 Å². The molecular weight excluding hydrogens is 394 g/mol. The molecule has 2 amide bonds. The summed E-state index contributed by atoms with van der Waals surface area (Å²) in [6, 6.07) is 5.40. The van der Waals surface area contributed by atoms with Crippen LogP contribution < -0.4 is 4.74 Å². The van der Waals surface area contributed by atoms with E-state index in [0.29, 0.717) is 48.6 Å². The molecular formula is C21H30ClN3O4. The number of halogens is 1. The molecule has 7 nitrogen and oxygen atoms in total. The Labute approximate surface area is 177 Å². The monoisotopic (exact) mass is 423 g/mol. The molecule has 0 aliphatic carbocycles. The van der Waals surface area contributed by atoms with Crippen LogP contribution in [-0.2, 0) is 4.74 Å². The Bertz CT molecular complexity index is 757. The van der Waals surface area contributed by atoms with E-state index in [4.69, 9.17) is 21.1 Å². The molecule has 2 saturated heterocycles. The lowest BCUT2D eigenvalue weighted by Crippen LogP contribution is -2.53. The Hall–Kier alpha value is -1.99. The summed E-state index contributed by atoms with van der Waals surface area (Å²) in [6.45, 7) is 9.88. The number of benzene rings is 1. The van der Waals surface area contributed by atoms with Crippen LogP contribution in [0.2, 0.25) is 5.02 Å². The first-order valence-electron chi connectivity index (χ1n) is 10.0. The summed E-state index contributed by atoms with van der Waals surface area (Å²) < 4.78 is 10.8. The molecule has 0 aromatic heterocycles. The van der Waals surface area contributed by atoms with Gasteiger partial charge in [0.1, 0.15) is 11.4 Å². The number of likely N-dealkylation sites (tertiary alicyclic amines) is 1. The van der Waals surface area contributed by atoms with E-state index >= 15 is 0 Å². The van der Waals surface area contributed by atoms with Crippen LogP contribution in [0.25, 0.3) is 0 Å².